The number of carbonyl (C=O) groups is 1. The lowest BCUT2D eigenvalue weighted by atomic mass is 9.85. The van der Waals surface area contributed by atoms with Gasteiger partial charge in [0.25, 0.3) is 0 Å². The summed E-state index contributed by atoms with van der Waals surface area (Å²) in [6.07, 6.45) is 5.03. The van der Waals surface area contributed by atoms with Crippen molar-refractivity contribution in [3.63, 3.8) is 0 Å². The molecule has 1 aromatic rings. The second-order valence-corrected chi connectivity index (χ2v) is 7.55. The highest BCUT2D eigenvalue weighted by Gasteiger charge is 2.22. The van der Waals surface area contributed by atoms with Crippen molar-refractivity contribution in [2.45, 2.75) is 45.1 Å². The maximum Gasteiger partial charge on any atom is 0.224 e. The van der Waals surface area contributed by atoms with E-state index >= 15 is 0 Å². The average molecular weight is 436 g/mol. The SMILES string of the molecule is CC(CC(=O)Nc1ccc(NCC2CCCO2)c(F)c1)C1CCCNC1.Cl.Cl. The van der Waals surface area contributed by atoms with E-state index in [-0.39, 0.29) is 42.6 Å². The third-order valence-electron chi connectivity index (χ3n) is 5.44. The van der Waals surface area contributed by atoms with Crippen LogP contribution in [-0.2, 0) is 9.53 Å². The normalized spacial score (nSPS) is 22.5. The molecule has 2 fully saturated rings. The van der Waals surface area contributed by atoms with Gasteiger partial charge in [-0.05, 0) is 68.8 Å². The van der Waals surface area contributed by atoms with Crippen molar-refractivity contribution in [2.75, 3.05) is 36.9 Å². The number of rotatable bonds is 7. The van der Waals surface area contributed by atoms with E-state index in [9.17, 15) is 9.18 Å². The molecule has 2 saturated heterocycles. The molecular weight excluding hydrogens is 404 g/mol. The van der Waals surface area contributed by atoms with Gasteiger partial charge < -0.3 is 20.7 Å². The topological polar surface area (TPSA) is 62.4 Å². The zero-order valence-corrected chi connectivity index (χ0v) is 18.0. The molecule has 0 bridgehead atoms. The quantitative estimate of drug-likeness (QED) is 0.599. The lowest BCUT2D eigenvalue weighted by Crippen LogP contribution is -2.34. The Morgan fingerprint density at radius 2 is 2.14 bits per heavy atom. The van der Waals surface area contributed by atoms with Crippen molar-refractivity contribution in [3.8, 4) is 0 Å². The molecule has 2 aliphatic rings. The molecule has 0 saturated carbocycles. The Kier molecular flexibility index (Phi) is 11.1. The molecule has 0 radical (unpaired) electrons. The Labute approximate surface area is 179 Å². The van der Waals surface area contributed by atoms with Crippen molar-refractivity contribution in [3.05, 3.63) is 24.0 Å². The van der Waals surface area contributed by atoms with E-state index < -0.39 is 0 Å². The van der Waals surface area contributed by atoms with Gasteiger partial charge in [0, 0.05) is 25.3 Å². The van der Waals surface area contributed by atoms with Crippen LogP contribution >= 0.6 is 24.8 Å². The molecular formula is C20H32Cl2FN3O2. The fraction of sp³-hybridized carbons (Fsp3) is 0.650. The Balaban J connectivity index is 0.00000196. The highest BCUT2D eigenvalue weighted by molar-refractivity contribution is 5.91. The van der Waals surface area contributed by atoms with Gasteiger partial charge in [0.1, 0.15) is 5.82 Å². The van der Waals surface area contributed by atoms with Crippen LogP contribution in [0.4, 0.5) is 15.8 Å². The van der Waals surface area contributed by atoms with Crippen LogP contribution in [0.15, 0.2) is 18.2 Å². The predicted molar refractivity (Wildman–Crippen MR) is 116 cm³/mol. The summed E-state index contributed by atoms with van der Waals surface area (Å²) in [6, 6.07) is 4.79. The Bertz CT molecular complexity index is 609. The third-order valence-corrected chi connectivity index (χ3v) is 5.44. The standard InChI is InChI=1S/C20H30FN3O2.2ClH/c1-14(15-4-2-8-22-12-15)10-20(25)24-16-6-7-19(18(21)11-16)23-13-17-5-3-9-26-17;;/h6-7,11,14-15,17,22-23H,2-5,8-10,12-13H2,1H3,(H,24,25);2*1H. The maximum atomic E-state index is 14.3. The molecule has 2 heterocycles. The first kappa shape index (κ1) is 25.0. The first-order valence-corrected chi connectivity index (χ1v) is 9.77. The number of piperidine rings is 1. The zero-order valence-electron chi connectivity index (χ0n) is 16.3. The lowest BCUT2D eigenvalue weighted by Gasteiger charge is -2.28. The number of amides is 1. The molecule has 3 rings (SSSR count). The van der Waals surface area contributed by atoms with Gasteiger partial charge in [0.05, 0.1) is 11.8 Å². The Hall–Kier alpha value is -1.08. The molecule has 1 aromatic carbocycles. The first-order chi connectivity index (χ1) is 12.6. The summed E-state index contributed by atoms with van der Waals surface area (Å²) in [5.41, 5.74) is 0.948. The molecule has 0 spiro atoms. The van der Waals surface area contributed by atoms with Gasteiger partial charge in [-0.25, -0.2) is 4.39 Å². The minimum atomic E-state index is -0.356. The van der Waals surface area contributed by atoms with Gasteiger partial charge in [-0.2, -0.15) is 0 Å². The molecule has 0 aromatic heterocycles. The summed E-state index contributed by atoms with van der Waals surface area (Å²) in [4.78, 5) is 12.3. The van der Waals surface area contributed by atoms with E-state index in [1.54, 1.807) is 12.1 Å². The second kappa shape index (κ2) is 12.5. The van der Waals surface area contributed by atoms with Crippen LogP contribution in [0.5, 0.6) is 0 Å². The van der Waals surface area contributed by atoms with E-state index in [1.807, 2.05) is 0 Å². The molecule has 3 atom stereocenters. The average Bonchev–Trinajstić information content (AvgIpc) is 3.15. The van der Waals surface area contributed by atoms with Crippen LogP contribution < -0.4 is 16.0 Å². The maximum absolute atomic E-state index is 14.3. The summed E-state index contributed by atoms with van der Waals surface area (Å²) < 4.78 is 19.8. The van der Waals surface area contributed by atoms with E-state index in [0.717, 1.165) is 32.5 Å². The molecule has 1 amide bonds. The Morgan fingerprint density at radius 3 is 2.79 bits per heavy atom. The minimum absolute atomic E-state index is 0. The van der Waals surface area contributed by atoms with Crippen LogP contribution in [0.1, 0.15) is 39.0 Å². The summed E-state index contributed by atoms with van der Waals surface area (Å²) >= 11 is 0. The highest BCUT2D eigenvalue weighted by Crippen LogP contribution is 2.24. The molecule has 8 heteroatoms. The lowest BCUT2D eigenvalue weighted by molar-refractivity contribution is -0.117. The number of hydrogen-bond donors (Lipinski definition) is 3. The van der Waals surface area contributed by atoms with Gasteiger partial charge in [0.15, 0.2) is 0 Å². The predicted octanol–water partition coefficient (Wildman–Crippen LogP) is 4.22. The van der Waals surface area contributed by atoms with Crippen molar-refractivity contribution in [1.29, 1.82) is 0 Å². The van der Waals surface area contributed by atoms with Gasteiger partial charge in [-0.3, -0.25) is 4.79 Å². The van der Waals surface area contributed by atoms with Crippen molar-refractivity contribution in [2.24, 2.45) is 11.8 Å². The van der Waals surface area contributed by atoms with Crippen LogP contribution in [0.2, 0.25) is 0 Å². The van der Waals surface area contributed by atoms with E-state index in [4.69, 9.17) is 4.74 Å². The van der Waals surface area contributed by atoms with E-state index in [2.05, 4.69) is 22.9 Å². The third kappa shape index (κ3) is 7.39. The first-order valence-electron chi connectivity index (χ1n) is 9.77. The molecule has 2 aliphatic heterocycles. The van der Waals surface area contributed by atoms with Crippen LogP contribution in [0.3, 0.4) is 0 Å². The zero-order chi connectivity index (χ0) is 18.4. The van der Waals surface area contributed by atoms with Gasteiger partial charge >= 0.3 is 0 Å². The number of nitrogens with one attached hydrogen (secondary N) is 3. The number of ether oxygens (including phenoxy) is 1. The van der Waals surface area contributed by atoms with E-state index in [0.29, 0.717) is 36.2 Å². The molecule has 28 heavy (non-hydrogen) atoms. The van der Waals surface area contributed by atoms with Gasteiger partial charge in [-0.1, -0.05) is 6.92 Å². The summed E-state index contributed by atoms with van der Waals surface area (Å²) in [5, 5.41) is 9.30. The molecule has 3 unspecified atom stereocenters. The van der Waals surface area contributed by atoms with Crippen LogP contribution in [0.25, 0.3) is 0 Å². The number of anilines is 2. The summed E-state index contributed by atoms with van der Waals surface area (Å²) in [6.45, 7) is 5.57. The number of carbonyl (C=O) groups excluding carboxylic acids is 1. The number of benzene rings is 1. The Morgan fingerprint density at radius 1 is 1.32 bits per heavy atom. The fourth-order valence-electron chi connectivity index (χ4n) is 3.80. The highest BCUT2D eigenvalue weighted by atomic mass is 35.5. The van der Waals surface area contributed by atoms with Crippen LogP contribution in [-0.4, -0.2) is 38.3 Å². The van der Waals surface area contributed by atoms with Gasteiger partial charge in [-0.15, -0.1) is 24.8 Å². The smallest absolute Gasteiger partial charge is 0.224 e. The monoisotopic (exact) mass is 435 g/mol. The fourth-order valence-corrected chi connectivity index (χ4v) is 3.80. The van der Waals surface area contributed by atoms with Gasteiger partial charge in [0.2, 0.25) is 5.91 Å². The van der Waals surface area contributed by atoms with Crippen molar-refractivity contribution >= 4 is 42.1 Å². The molecule has 160 valence electrons. The summed E-state index contributed by atoms with van der Waals surface area (Å²) in [7, 11) is 0. The largest absolute Gasteiger partial charge is 0.380 e. The molecule has 5 nitrogen and oxygen atoms in total. The molecule has 0 aliphatic carbocycles. The van der Waals surface area contributed by atoms with Crippen molar-refractivity contribution < 1.29 is 13.9 Å². The number of hydrogen-bond acceptors (Lipinski definition) is 4. The van der Waals surface area contributed by atoms with Crippen molar-refractivity contribution in [1.82, 2.24) is 5.32 Å². The van der Waals surface area contributed by atoms with Crippen LogP contribution in [0, 0.1) is 17.7 Å². The molecule has 3 N–H and O–H groups in total. The minimum Gasteiger partial charge on any atom is -0.380 e. The second-order valence-electron chi connectivity index (χ2n) is 7.55. The number of halogens is 3. The van der Waals surface area contributed by atoms with E-state index in [1.165, 1.54) is 18.9 Å². The summed E-state index contributed by atoms with van der Waals surface area (Å²) in [5.74, 6) is 0.448.